The highest BCUT2D eigenvalue weighted by atomic mass is 16.5. The minimum Gasteiger partial charge on any atom is -0.492 e. The molecule has 2 heterocycles. The van der Waals surface area contributed by atoms with Gasteiger partial charge in [-0.05, 0) is 29.8 Å². The van der Waals surface area contributed by atoms with Crippen molar-refractivity contribution < 1.29 is 4.74 Å². The predicted molar refractivity (Wildman–Crippen MR) is 96.4 cm³/mol. The van der Waals surface area contributed by atoms with Crippen LogP contribution in [0.3, 0.4) is 0 Å². The van der Waals surface area contributed by atoms with Crippen LogP contribution >= 0.6 is 0 Å². The van der Waals surface area contributed by atoms with Crippen LogP contribution in [0.15, 0.2) is 59.7 Å². The van der Waals surface area contributed by atoms with E-state index in [0.29, 0.717) is 31.3 Å². The lowest BCUT2D eigenvalue weighted by molar-refractivity contribution is 0.328. The first kappa shape index (κ1) is 16.7. The molecule has 0 spiro atoms. The van der Waals surface area contributed by atoms with Crippen molar-refractivity contribution in [3.63, 3.8) is 0 Å². The van der Waals surface area contributed by atoms with Gasteiger partial charge < -0.3 is 15.8 Å². The molecular weight excluding hydrogens is 318 g/mol. The number of aromatic amines is 1. The molecule has 3 aromatic rings. The number of hydrogen-bond acceptors (Lipinski definition) is 6. The van der Waals surface area contributed by atoms with Gasteiger partial charge in [0.1, 0.15) is 12.4 Å². The average Bonchev–Trinajstić information content (AvgIpc) is 2.65. The van der Waals surface area contributed by atoms with Crippen LogP contribution in [-0.2, 0) is 6.54 Å². The Morgan fingerprint density at radius 1 is 1.16 bits per heavy atom. The number of ether oxygens (including phenoxy) is 1. The highest BCUT2D eigenvalue weighted by Gasteiger charge is 2.04. The summed E-state index contributed by atoms with van der Waals surface area (Å²) >= 11 is 0. The summed E-state index contributed by atoms with van der Waals surface area (Å²) in [7, 11) is 0. The SMILES string of the molecule is NCCOc1cccc(CNc2nc(-c3ccncc3)cc(=O)[nH]2)c1. The van der Waals surface area contributed by atoms with Gasteiger partial charge >= 0.3 is 0 Å². The minimum atomic E-state index is -0.218. The summed E-state index contributed by atoms with van der Waals surface area (Å²) in [4.78, 5) is 23.0. The summed E-state index contributed by atoms with van der Waals surface area (Å²) in [6.45, 7) is 1.44. The maximum absolute atomic E-state index is 11.9. The molecule has 0 aliphatic carbocycles. The Morgan fingerprint density at radius 3 is 2.80 bits per heavy atom. The molecule has 0 aliphatic heterocycles. The fraction of sp³-hybridized carbons (Fsp3) is 0.167. The van der Waals surface area contributed by atoms with E-state index in [2.05, 4.69) is 20.3 Å². The van der Waals surface area contributed by atoms with Crippen LogP contribution in [0.25, 0.3) is 11.3 Å². The minimum absolute atomic E-state index is 0.218. The Kier molecular flexibility index (Phi) is 5.38. The smallest absolute Gasteiger partial charge is 0.252 e. The molecular formula is C18H19N5O2. The van der Waals surface area contributed by atoms with Gasteiger partial charge in [-0.1, -0.05) is 12.1 Å². The predicted octanol–water partition coefficient (Wildman–Crippen LogP) is 1.78. The van der Waals surface area contributed by atoms with E-state index in [4.69, 9.17) is 10.5 Å². The van der Waals surface area contributed by atoms with Crippen molar-refractivity contribution in [1.82, 2.24) is 15.0 Å². The van der Waals surface area contributed by atoms with Crippen LogP contribution in [0.2, 0.25) is 0 Å². The van der Waals surface area contributed by atoms with E-state index >= 15 is 0 Å². The van der Waals surface area contributed by atoms with E-state index in [1.54, 1.807) is 12.4 Å². The first-order valence-corrected chi connectivity index (χ1v) is 7.92. The molecule has 0 unspecified atom stereocenters. The lowest BCUT2D eigenvalue weighted by Gasteiger charge is -2.09. The van der Waals surface area contributed by atoms with E-state index in [-0.39, 0.29) is 5.56 Å². The third kappa shape index (κ3) is 4.65. The third-order valence-corrected chi connectivity index (χ3v) is 3.46. The van der Waals surface area contributed by atoms with Gasteiger partial charge in [-0.2, -0.15) is 0 Å². The summed E-state index contributed by atoms with van der Waals surface area (Å²) in [6, 6.07) is 12.8. The molecule has 3 rings (SSSR count). The van der Waals surface area contributed by atoms with Crippen LogP contribution in [0.5, 0.6) is 5.75 Å². The molecule has 0 bridgehead atoms. The normalized spacial score (nSPS) is 10.4. The largest absolute Gasteiger partial charge is 0.492 e. The number of rotatable bonds is 7. The second kappa shape index (κ2) is 8.07. The maximum Gasteiger partial charge on any atom is 0.252 e. The molecule has 0 atom stereocenters. The van der Waals surface area contributed by atoms with Crippen molar-refractivity contribution in [1.29, 1.82) is 0 Å². The number of pyridine rings is 1. The summed E-state index contributed by atoms with van der Waals surface area (Å²) < 4.78 is 5.51. The number of aromatic nitrogens is 3. The lowest BCUT2D eigenvalue weighted by Crippen LogP contribution is -2.13. The van der Waals surface area contributed by atoms with E-state index in [0.717, 1.165) is 16.9 Å². The van der Waals surface area contributed by atoms with E-state index in [1.807, 2.05) is 36.4 Å². The molecule has 7 heteroatoms. The summed E-state index contributed by atoms with van der Waals surface area (Å²) in [6.07, 6.45) is 3.33. The number of nitrogens with zero attached hydrogens (tertiary/aromatic N) is 2. The molecule has 4 N–H and O–H groups in total. The monoisotopic (exact) mass is 337 g/mol. The average molecular weight is 337 g/mol. The second-order valence-electron chi connectivity index (χ2n) is 5.35. The zero-order chi connectivity index (χ0) is 17.5. The molecule has 25 heavy (non-hydrogen) atoms. The number of nitrogens with one attached hydrogen (secondary N) is 2. The highest BCUT2D eigenvalue weighted by molar-refractivity contribution is 5.59. The zero-order valence-electron chi connectivity index (χ0n) is 13.6. The molecule has 0 amide bonds. The Labute approximate surface area is 144 Å². The lowest BCUT2D eigenvalue weighted by atomic mass is 10.2. The van der Waals surface area contributed by atoms with Gasteiger partial charge in [-0.15, -0.1) is 0 Å². The van der Waals surface area contributed by atoms with Crippen molar-refractivity contribution >= 4 is 5.95 Å². The van der Waals surface area contributed by atoms with E-state index in [1.165, 1.54) is 6.07 Å². The van der Waals surface area contributed by atoms with Crippen LogP contribution in [0.4, 0.5) is 5.95 Å². The Balaban J connectivity index is 1.73. The van der Waals surface area contributed by atoms with Crippen molar-refractivity contribution in [3.05, 3.63) is 70.8 Å². The van der Waals surface area contributed by atoms with Gasteiger partial charge in [0, 0.05) is 37.1 Å². The standard InChI is InChI=1S/C18H19N5O2/c19-6-9-25-15-3-1-2-13(10-15)12-21-18-22-16(11-17(24)23-18)14-4-7-20-8-5-14/h1-5,7-8,10-11H,6,9,12,19H2,(H2,21,22,23,24). The molecule has 0 saturated heterocycles. The van der Waals surface area contributed by atoms with Gasteiger partial charge in [-0.3, -0.25) is 14.8 Å². The van der Waals surface area contributed by atoms with E-state index in [9.17, 15) is 4.79 Å². The van der Waals surface area contributed by atoms with Gasteiger partial charge in [0.05, 0.1) is 5.69 Å². The number of hydrogen-bond donors (Lipinski definition) is 3. The first-order chi connectivity index (χ1) is 12.2. The fourth-order valence-corrected chi connectivity index (χ4v) is 2.32. The Morgan fingerprint density at radius 2 is 2.00 bits per heavy atom. The molecule has 0 radical (unpaired) electrons. The summed E-state index contributed by atoms with van der Waals surface area (Å²) in [5.41, 5.74) is 7.66. The van der Waals surface area contributed by atoms with Gasteiger partial charge in [0.25, 0.3) is 5.56 Å². The molecule has 1 aromatic carbocycles. The maximum atomic E-state index is 11.9. The van der Waals surface area contributed by atoms with Gasteiger partial charge in [0.2, 0.25) is 5.95 Å². The molecule has 2 aromatic heterocycles. The van der Waals surface area contributed by atoms with Crippen molar-refractivity contribution in [3.8, 4) is 17.0 Å². The molecule has 0 fully saturated rings. The van der Waals surface area contributed by atoms with Crippen molar-refractivity contribution in [2.75, 3.05) is 18.5 Å². The molecule has 0 saturated carbocycles. The number of anilines is 1. The van der Waals surface area contributed by atoms with Crippen molar-refractivity contribution in [2.45, 2.75) is 6.54 Å². The first-order valence-electron chi connectivity index (χ1n) is 7.92. The topological polar surface area (TPSA) is 106 Å². The van der Waals surface area contributed by atoms with E-state index < -0.39 is 0 Å². The number of benzene rings is 1. The van der Waals surface area contributed by atoms with Crippen molar-refractivity contribution in [2.24, 2.45) is 5.73 Å². The molecule has 128 valence electrons. The van der Waals surface area contributed by atoms with Crippen LogP contribution in [-0.4, -0.2) is 28.1 Å². The molecule has 0 aliphatic rings. The molecule has 7 nitrogen and oxygen atoms in total. The van der Waals surface area contributed by atoms with Crippen LogP contribution < -0.4 is 21.3 Å². The Bertz CT molecular complexity index is 880. The van der Waals surface area contributed by atoms with Gasteiger partial charge in [0.15, 0.2) is 0 Å². The second-order valence-corrected chi connectivity index (χ2v) is 5.35. The third-order valence-electron chi connectivity index (χ3n) is 3.46. The van der Waals surface area contributed by atoms with Crippen LogP contribution in [0.1, 0.15) is 5.56 Å². The summed E-state index contributed by atoms with van der Waals surface area (Å²) in [5.74, 6) is 1.17. The number of H-pyrrole nitrogens is 1. The van der Waals surface area contributed by atoms with Crippen LogP contribution in [0, 0.1) is 0 Å². The quantitative estimate of drug-likeness (QED) is 0.607. The summed E-state index contributed by atoms with van der Waals surface area (Å²) in [5, 5.41) is 3.13. The highest BCUT2D eigenvalue weighted by Crippen LogP contribution is 2.16. The fourth-order valence-electron chi connectivity index (χ4n) is 2.32. The zero-order valence-corrected chi connectivity index (χ0v) is 13.6. The Hall–Kier alpha value is -3.19. The number of nitrogens with two attached hydrogens (primary N) is 1. The van der Waals surface area contributed by atoms with Gasteiger partial charge in [-0.25, -0.2) is 4.98 Å².